The lowest BCUT2D eigenvalue weighted by molar-refractivity contribution is -0.133. The van der Waals surface area contributed by atoms with Gasteiger partial charge in [-0.1, -0.05) is 24.3 Å². The first kappa shape index (κ1) is 17.4. The van der Waals surface area contributed by atoms with E-state index in [0.29, 0.717) is 11.3 Å². The lowest BCUT2D eigenvalue weighted by Crippen LogP contribution is -2.36. The molecule has 2 aromatic rings. The summed E-state index contributed by atoms with van der Waals surface area (Å²) in [6, 6.07) is 8.49. The number of rotatable bonds is 4. The molecule has 0 saturated heterocycles. The topological polar surface area (TPSA) is 55.2 Å². The number of ketones is 1. The number of hydrogen-bond acceptors (Lipinski definition) is 3. The van der Waals surface area contributed by atoms with Crippen molar-refractivity contribution in [3.05, 3.63) is 52.3 Å². The van der Waals surface area contributed by atoms with E-state index in [1.807, 2.05) is 31.9 Å². The van der Waals surface area contributed by atoms with Gasteiger partial charge in [0.2, 0.25) is 5.91 Å². The highest BCUT2D eigenvalue weighted by atomic mass is 16.2. The summed E-state index contributed by atoms with van der Waals surface area (Å²) in [4.78, 5) is 26.4. The van der Waals surface area contributed by atoms with Gasteiger partial charge in [-0.2, -0.15) is 5.10 Å². The molecule has 0 spiro atoms. The van der Waals surface area contributed by atoms with Gasteiger partial charge in [0.05, 0.1) is 17.3 Å². The van der Waals surface area contributed by atoms with E-state index < -0.39 is 0 Å². The summed E-state index contributed by atoms with van der Waals surface area (Å²) in [6.07, 6.45) is 3.15. The average molecular weight is 339 g/mol. The second-order valence-corrected chi connectivity index (χ2v) is 6.87. The predicted molar refractivity (Wildman–Crippen MR) is 96.6 cm³/mol. The van der Waals surface area contributed by atoms with Crippen molar-refractivity contribution in [1.82, 2.24) is 14.7 Å². The van der Waals surface area contributed by atoms with Gasteiger partial charge in [-0.25, -0.2) is 0 Å². The second-order valence-electron chi connectivity index (χ2n) is 6.87. The van der Waals surface area contributed by atoms with Crippen LogP contribution in [-0.4, -0.2) is 33.4 Å². The Morgan fingerprint density at radius 3 is 2.68 bits per heavy atom. The van der Waals surface area contributed by atoms with Crippen LogP contribution in [-0.2, 0) is 17.8 Å². The molecule has 1 aromatic carbocycles. The Morgan fingerprint density at radius 2 is 2.00 bits per heavy atom. The number of hydrogen-bond donors (Lipinski definition) is 0. The van der Waals surface area contributed by atoms with Crippen molar-refractivity contribution in [2.45, 2.75) is 52.6 Å². The maximum atomic E-state index is 12.8. The van der Waals surface area contributed by atoms with Gasteiger partial charge in [-0.05, 0) is 51.2 Å². The molecule has 1 atom stereocenters. The Bertz CT molecular complexity index is 822. The largest absolute Gasteiger partial charge is 0.337 e. The summed E-state index contributed by atoms with van der Waals surface area (Å²) >= 11 is 0. The summed E-state index contributed by atoms with van der Waals surface area (Å²) in [5.74, 6) is 0.00525. The Labute approximate surface area is 148 Å². The van der Waals surface area contributed by atoms with E-state index in [1.54, 1.807) is 4.68 Å². The number of amides is 1. The zero-order chi connectivity index (χ0) is 18.1. The molecule has 0 radical (unpaired) electrons. The zero-order valence-electron chi connectivity index (χ0n) is 15.4. The van der Waals surface area contributed by atoms with E-state index in [9.17, 15) is 9.59 Å². The average Bonchev–Trinajstić information content (AvgIpc) is 2.87. The number of carbonyl (C=O) groups excluding carboxylic acids is 2. The van der Waals surface area contributed by atoms with Crippen LogP contribution in [0.25, 0.3) is 0 Å². The Kier molecular flexibility index (Phi) is 4.75. The molecular weight excluding hydrogens is 314 g/mol. The van der Waals surface area contributed by atoms with Crippen molar-refractivity contribution in [2.75, 3.05) is 7.05 Å². The van der Waals surface area contributed by atoms with Gasteiger partial charge < -0.3 is 4.90 Å². The van der Waals surface area contributed by atoms with Crippen LogP contribution < -0.4 is 0 Å². The molecule has 1 aliphatic carbocycles. The predicted octanol–water partition coefficient (Wildman–Crippen LogP) is 3.24. The van der Waals surface area contributed by atoms with Crippen LogP contribution in [0.5, 0.6) is 0 Å². The lowest BCUT2D eigenvalue weighted by Gasteiger charge is -2.33. The van der Waals surface area contributed by atoms with Crippen molar-refractivity contribution < 1.29 is 9.59 Å². The van der Waals surface area contributed by atoms with Crippen LogP contribution in [0, 0.1) is 13.8 Å². The van der Waals surface area contributed by atoms with Gasteiger partial charge in [0, 0.05) is 12.7 Å². The summed E-state index contributed by atoms with van der Waals surface area (Å²) in [7, 11) is 1.87. The van der Waals surface area contributed by atoms with Gasteiger partial charge in [-0.15, -0.1) is 0 Å². The number of aromatic nitrogens is 2. The smallest absolute Gasteiger partial charge is 0.244 e. The minimum atomic E-state index is -0.0109. The van der Waals surface area contributed by atoms with Gasteiger partial charge in [0.25, 0.3) is 0 Å². The van der Waals surface area contributed by atoms with Gasteiger partial charge >= 0.3 is 0 Å². The van der Waals surface area contributed by atoms with Crippen LogP contribution in [0.3, 0.4) is 0 Å². The first-order valence-corrected chi connectivity index (χ1v) is 8.78. The highest BCUT2D eigenvalue weighted by Gasteiger charge is 2.27. The third kappa shape index (κ3) is 3.23. The van der Waals surface area contributed by atoms with Crippen LogP contribution in [0.2, 0.25) is 0 Å². The first-order chi connectivity index (χ1) is 11.9. The highest BCUT2D eigenvalue weighted by molar-refractivity contribution is 5.96. The molecule has 5 nitrogen and oxygen atoms in total. The number of nitrogens with zero attached hydrogens (tertiary/aromatic N) is 3. The molecule has 25 heavy (non-hydrogen) atoms. The van der Waals surface area contributed by atoms with Crippen molar-refractivity contribution in [2.24, 2.45) is 0 Å². The number of Topliss-reactive ketones (excluding diaryl/α,β-unsaturated/α-hetero) is 1. The molecule has 3 rings (SSSR count). The standard InChI is InChI=1S/C20H25N3O2/c1-13-20(15(3)24)14(2)23(21-13)12-19(25)22(4)18-11-7-9-16-8-5-6-10-17(16)18/h5-6,8,10,18H,7,9,11-12H2,1-4H3/t18-/m0/s1. The molecule has 0 bridgehead atoms. The molecule has 1 aromatic heterocycles. The number of aryl methyl sites for hydroxylation is 2. The molecule has 1 heterocycles. The number of benzene rings is 1. The molecule has 0 unspecified atom stereocenters. The summed E-state index contributed by atoms with van der Waals surface area (Å²) in [5.41, 5.74) is 4.66. The molecule has 5 heteroatoms. The summed E-state index contributed by atoms with van der Waals surface area (Å²) in [5, 5.41) is 4.39. The number of fused-ring (bicyclic) bond motifs is 1. The van der Waals surface area contributed by atoms with Crippen molar-refractivity contribution in [3.8, 4) is 0 Å². The Hall–Kier alpha value is -2.43. The van der Waals surface area contributed by atoms with E-state index in [1.165, 1.54) is 18.1 Å². The molecule has 0 aliphatic heterocycles. The normalized spacial score (nSPS) is 16.4. The summed E-state index contributed by atoms with van der Waals surface area (Å²) < 4.78 is 1.65. The second kappa shape index (κ2) is 6.82. The fraction of sp³-hybridized carbons (Fsp3) is 0.450. The molecule has 1 aliphatic rings. The van der Waals surface area contributed by atoms with Crippen LogP contribution in [0.1, 0.15) is 58.7 Å². The van der Waals surface area contributed by atoms with E-state index in [-0.39, 0.29) is 24.3 Å². The van der Waals surface area contributed by atoms with E-state index >= 15 is 0 Å². The van der Waals surface area contributed by atoms with E-state index in [2.05, 4.69) is 23.3 Å². The van der Waals surface area contributed by atoms with Gasteiger partial charge in [-0.3, -0.25) is 14.3 Å². The van der Waals surface area contributed by atoms with Crippen molar-refractivity contribution in [3.63, 3.8) is 0 Å². The molecule has 0 saturated carbocycles. The molecule has 0 N–H and O–H groups in total. The Balaban J connectivity index is 1.81. The van der Waals surface area contributed by atoms with Crippen LogP contribution >= 0.6 is 0 Å². The van der Waals surface area contributed by atoms with Gasteiger partial charge in [0.1, 0.15) is 6.54 Å². The fourth-order valence-electron chi connectivity index (χ4n) is 3.90. The summed E-state index contributed by atoms with van der Waals surface area (Å²) in [6.45, 7) is 5.36. The van der Waals surface area contributed by atoms with Crippen molar-refractivity contribution in [1.29, 1.82) is 0 Å². The van der Waals surface area contributed by atoms with Crippen molar-refractivity contribution >= 4 is 11.7 Å². The molecule has 1 amide bonds. The third-order valence-electron chi connectivity index (χ3n) is 5.22. The maximum absolute atomic E-state index is 12.8. The molecule has 0 fully saturated rings. The lowest BCUT2D eigenvalue weighted by atomic mass is 9.87. The minimum absolute atomic E-state index is 0.0109. The highest BCUT2D eigenvalue weighted by Crippen LogP contribution is 2.33. The fourth-order valence-corrected chi connectivity index (χ4v) is 3.90. The number of carbonyl (C=O) groups is 2. The molecular formula is C20H25N3O2. The quantitative estimate of drug-likeness (QED) is 0.804. The van der Waals surface area contributed by atoms with E-state index in [0.717, 1.165) is 25.0 Å². The zero-order valence-corrected chi connectivity index (χ0v) is 15.4. The van der Waals surface area contributed by atoms with Crippen LogP contribution in [0.15, 0.2) is 24.3 Å². The van der Waals surface area contributed by atoms with Crippen LogP contribution in [0.4, 0.5) is 0 Å². The Morgan fingerprint density at radius 1 is 1.28 bits per heavy atom. The third-order valence-corrected chi connectivity index (χ3v) is 5.22. The molecule has 132 valence electrons. The SMILES string of the molecule is CC(=O)c1c(C)nn(CC(=O)N(C)[C@H]2CCCc3ccccc32)c1C. The number of likely N-dealkylation sites (N-methyl/N-ethyl adjacent to an activating group) is 1. The monoisotopic (exact) mass is 339 g/mol. The minimum Gasteiger partial charge on any atom is -0.337 e. The maximum Gasteiger partial charge on any atom is 0.244 e. The van der Waals surface area contributed by atoms with E-state index in [4.69, 9.17) is 0 Å². The first-order valence-electron chi connectivity index (χ1n) is 8.78. The van der Waals surface area contributed by atoms with Gasteiger partial charge in [0.15, 0.2) is 5.78 Å².